The first-order valence-corrected chi connectivity index (χ1v) is 13.6. The van der Waals surface area contributed by atoms with E-state index in [0.29, 0.717) is 0 Å². The minimum atomic E-state index is -0.178. The molecule has 0 amide bonds. The van der Waals surface area contributed by atoms with E-state index in [1.807, 2.05) is 36.7 Å². The lowest BCUT2D eigenvalue weighted by molar-refractivity contribution is 0.220. The van der Waals surface area contributed by atoms with Crippen LogP contribution in [0.15, 0.2) is 73.1 Å². The summed E-state index contributed by atoms with van der Waals surface area (Å²) in [6.45, 7) is 3.29. The van der Waals surface area contributed by atoms with Crippen molar-refractivity contribution >= 4 is 33.1 Å². The summed E-state index contributed by atoms with van der Waals surface area (Å²) in [4.78, 5) is 11.5. The molecule has 0 radical (unpaired) electrons. The highest BCUT2D eigenvalue weighted by Crippen LogP contribution is 2.37. The predicted octanol–water partition coefficient (Wildman–Crippen LogP) is 7.63. The summed E-state index contributed by atoms with van der Waals surface area (Å²) >= 11 is 1.17. The average molecular weight is 508 g/mol. The van der Waals surface area contributed by atoms with Crippen LogP contribution in [0.2, 0.25) is 0 Å². The Balaban J connectivity index is 1.26. The lowest BCUT2D eigenvalue weighted by Crippen LogP contribution is -2.29. The number of hydrogen-bond acceptors (Lipinski definition) is 4. The maximum Gasteiger partial charge on any atom is 0.176 e. The second-order valence-electron chi connectivity index (χ2n) is 9.80. The lowest BCUT2D eigenvalue weighted by atomic mass is 10.0. The van der Waals surface area contributed by atoms with Crippen LogP contribution >= 0.6 is 11.3 Å². The molecule has 1 aliphatic rings. The third-order valence-electron chi connectivity index (χ3n) is 7.30. The van der Waals surface area contributed by atoms with E-state index >= 15 is 0 Å². The van der Waals surface area contributed by atoms with E-state index in [2.05, 4.69) is 55.4 Å². The number of nitrogens with zero attached hydrogens (tertiary/aromatic N) is 3. The van der Waals surface area contributed by atoms with Crippen LogP contribution in [0, 0.1) is 5.13 Å². The standard InChI is InChI=1S/C30H26FN5S/c31-29-10-9-28(37-29)22-5-4-6-25-23(22)15-27(33-25)30-24-14-20(7-8-26(24)34-35-30)21-13-19(16-32-17-21)18-36-11-2-1-3-12-36/h4-10,13-17,33H,1-3,11-12,18H2,(H,34,35). The number of benzene rings is 2. The first-order valence-electron chi connectivity index (χ1n) is 12.7. The highest BCUT2D eigenvalue weighted by Gasteiger charge is 2.16. The van der Waals surface area contributed by atoms with Crippen LogP contribution in [0.25, 0.3) is 54.8 Å². The van der Waals surface area contributed by atoms with Crippen molar-refractivity contribution in [1.82, 2.24) is 25.1 Å². The quantitative estimate of drug-likeness (QED) is 0.252. The summed E-state index contributed by atoms with van der Waals surface area (Å²) in [7, 11) is 0. The largest absolute Gasteiger partial charge is 0.353 e. The Morgan fingerprint density at radius 1 is 0.865 bits per heavy atom. The second kappa shape index (κ2) is 9.25. The Morgan fingerprint density at radius 2 is 1.78 bits per heavy atom. The summed E-state index contributed by atoms with van der Waals surface area (Å²) in [5.74, 6) is 0. The molecule has 0 atom stereocenters. The average Bonchev–Trinajstić information content (AvgIpc) is 3.66. The fraction of sp³-hybridized carbons (Fsp3) is 0.200. The molecule has 184 valence electrons. The van der Waals surface area contributed by atoms with Gasteiger partial charge in [-0.1, -0.05) is 24.6 Å². The molecule has 2 aromatic carbocycles. The minimum absolute atomic E-state index is 0.178. The first kappa shape index (κ1) is 22.4. The smallest absolute Gasteiger partial charge is 0.176 e. The maximum absolute atomic E-state index is 13.7. The summed E-state index contributed by atoms with van der Waals surface area (Å²) in [5, 5.41) is 9.78. The fourth-order valence-corrected chi connectivity index (χ4v) is 6.23. The van der Waals surface area contributed by atoms with E-state index in [1.165, 1.54) is 55.3 Å². The number of hydrogen-bond donors (Lipinski definition) is 2. The number of halogens is 1. The molecule has 4 aromatic heterocycles. The summed E-state index contributed by atoms with van der Waals surface area (Å²) in [5.41, 5.74) is 8.29. The maximum atomic E-state index is 13.7. The van der Waals surface area contributed by atoms with Crippen molar-refractivity contribution < 1.29 is 4.39 Å². The van der Waals surface area contributed by atoms with Crippen LogP contribution in [0.3, 0.4) is 0 Å². The third kappa shape index (κ3) is 4.24. The molecule has 6 aromatic rings. The highest BCUT2D eigenvalue weighted by atomic mass is 32.1. The number of thiophene rings is 1. The van der Waals surface area contributed by atoms with Gasteiger partial charge in [-0.15, -0.1) is 11.3 Å². The van der Waals surface area contributed by atoms with Gasteiger partial charge in [-0.3, -0.25) is 15.0 Å². The number of aromatic amines is 2. The Bertz CT molecular complexity index is 1720. The molecule has 7 rings (SSSR count). The fourth-order valence-electron chi connectivity index (χ4n) is 5.46. The van der Waals surface area contributed by atoms with Crippen LogP contribution < -0.4 is 0 Å². The monoisotopic (exact) mass is 507 g/mol. The van der Waals surface area contributed by atoms with Gasteiger partial charge in [0.1, 0.15) is 5.69 Å². The Labute approximate surface area is 218 Å². The molecule has 1 fully saturated rings. The van der Waals surface area contributed by atoms with Crippen molar-refractivity contribution in [3.8, 4) is 33.0 Å². The molecule has 0 bridgehead atoms. The van der Waals surface area contributed by atoms with E-state index in [9.17, 15) is 4.39 Å². The number of rotatable bonds is 5. The van der Waals surface area contributed by atoms with Gasteiger partial charge in [0.25, 0.3) is 0 Å². The predicted molar refractivity (Wildman–Crippen MR) is 149 cm³/mol. The zero-order chi connectivity index (χ0) is 24.8. The van der Waals surface area contributed by atoms with Crippen molar-refractivity contribution in [1.29, 1.82) is 0 Å². The van der Waals surface area contributed by atoms with Gasteiger partial charge >= 0.3 is 0 Å². The second-order valence-corrected chi connectivity index (χ2v) is 10.8. The van der Waals surface area contributed by atoms with Gasteiger partial charge in [-0.25, -0.2) is 0 Å². The van der Waals surface area contributed by atoms with E-state index in [0.717, 1.165) is 61.3 Å². The highest BCUT2D eigenvalue weighted by molar-refractivity contribution is 7.14. The molecule has 2 N–H and O–H groups in total. The van der Waals surface area contributed by atoms with Crippen LogP contribution in [0.5, 0.6) is 0 Å². The molecule has 0 spiro atoms. The number of fused-ring (bicyclic) bond motifs is 2. The van der Waals surface area contributed by atoms with Crippen LogP contribution in [-0.4, -0.2) is 38.2 Å². The molecular weight excluding hydrogens is 481 g/mol. The van der Waals surface area contributed by atoms with E-state index in [4.69, 9.17) is 0 Å². The molecule has 7 heteroatoms. The number of likely N-dealkylation sites (tertiary alicyclic amines) is 1. The van der Waals surface area contributed by atoms with Crippen LogP contribution in [0.1, 0.15) is 24.8 Å². The van der Waals surface area contributed by atoms with E-state index in [1.54, 1.807) is 0 Å². The van der Waals surface area contributed by atoms with Crippen molar-refractivity contribution in [3.05, 3.63) is 83.8 Å². The van der Waals surface area contributed by atoms with Gasteiger partial charge in [0.05, 0.1) is 11.2 Å². The Kier molecular flexibility index (Phi) is 5.60. The van der Waals surface area contributed by atoms with Gasteiger partial charge in [-0.05, 0) is 79.5 Å². The van der Waals surface area contributed by atoms with Gasteiger partial charge in [0, 0.05) is 51.2 Å². The summed E-state index contributed by atoms with van der Waals surface area (Å²) in [6.07, 6.45) is 7.84. The molecule has 1 saturated heterocycles. The Hall–Kier alpha value is -3.81. The molecule has 1 aliphatic heterocycles. The topological polar surface area (TPSA) is 60.6 Å². The molecular formula is C30H26FN5S. The molecule has 0 aliphatic carbocycles. The minimum Gasteiger partial charge on any atom is -0.353 e. The first-order chi connectivity index (χ1) is 18.2. The molecule has 0 unspecified atom stereocenters. The molecule has 5 nitrogen and oxygen atoms in total. The third-order valence-corrected chi connectivity index (χ3v) is 8.21. The van der Waals surface area contributed by atoms with Crippen molar-refractivity contribution in [2.75, 3.05) is 13.1 Å². The van der Waals surface area contributed by atoms with Gasteiger partial charge < -0.3 is 4.98 Å². The lowest BCUT2D eigenvalue weighted by Gasteiger charge is -2.26. The number of piperidine rings is 1. The van der Waals surface area contributed by atoms with Crippen molar-refractivity contribution in [2.24, 2.45) is 0 Å². The normalized spacial score (nSPS) is 14.6. The summed E-state index contributed by atoms with van der Waals surface area (Å²) < 4.78 is 13.7. The SMILES string of the molecule is Fc1ccc(-c2cccc3[nH]c(-c4n[nH]c5ccc(-c6cncc(CN7CCCCC7)c6)cc45)cc23)s1. The molecule has 5 heterocycles. The number of pyridine rings is 1. The van der Waals surface area contributed by atoms with Crippen molar-refractivity contribution in [3.63, 3.8) is 0 Å². The molecule has 37 heavy (non-hydrogen) atoms. The van der Waals surface area contributed by atoms with Crippen molar-refractivity contribution in [2.45, 2.75) is 25.8 Å². The van der Waals surface area contributed by atoms with Crippen LogP contribution in [-0.2, 0) is 6.54 Å². The number of aromatic nitrogens is 4. The Morgan fingerprint density at radius 3 is 2.65 bits per heavy atom. The zero-order valence-corrected chi connectivity index (χ0v) is 21.1. The number of nitrogens with one attached hydrogen (secondary N) is 2. The van der Waals surface area contributed by atoms with Gasteiger partial charge in [-0.2, -0.15) is 9.49 Å². The van der Waals surface area contributed by atoms with E-state index < -0.39 is 0 Å². The van der Waals surface area contributed by atoms with E-state index in [-0.39, 0.29) is 5.13 Å². The van der Waals surface area contributed by atoms with Gasteiger partial charge in [0.15, 0.2) is 5.13 Å². The van der Waals surface area contributed by atoms with Crippen LogP contribution in [0.4, 0.5) is 4.39 Å². The van der Waals surface area contributed by atoms with Gasteiger partial charge in [0.2, 0.25) is 0 Å². The summed E-state index contributed by atoms with van der Waals surface area (Å²) in [6, 6.07) is 20.2. The zero-order valence-electron chi connectivity index (χ0n) is 20.3. The number of H-pyrrole nitrogens is 2. The molecule has 0 saturated carbocycles.